The number of rotatable bonds is 4. The van der Waals surface area contributed by atoms with Crippen LogP contribution >= 0.6 is 0 Å². The number of pyridine rings is 1. The zero-order chi connectivity index (χ0) is 20.4. The fourth-order valence-corrected chi connectivity index (χ4v) is 2.51. The smallest absolute Gasteiger partial charge is 0.313 e. The maximum absolute atomic E-state index is 12.6. The molecule has 0 fully saturated rings. The van der Waals surface area contributed by atoms with Crippen LogP contribution in [0.3, 0.4) is 0 Å². The van der Waals surface area contributed by atoms with E-state index in [4.69, 9.17) is 0 Å². The Balaban J connectivity index is 1.99. The average Bonchev–Trinajstić information content (AvgIpc) is 2.68. The van der Waals surface area contributed by atoms with Crippen LogP contribution < -0.4 is 27.8 Å². The predicted octanol–water partition coefficient (Wildman–Crippen LogP) is -1.37. The Bertz CT molecular complexity index is 1280. The molecule has 3 aromatic rings. The number of carbonyl (C=O) groups excluding carboxylic acids is 1. The first kappa shape index (κ1) is 18.8. The van der Waals surface area contributed by atoms with Gasteiger partial charge in [0.1, 0.15) is 11.4 Å². The number of H-pyrrole nitrogens is 1. The highest BCUT2D eigenvalue weighted by Crippen LogP contribution is 2.02. The first-order chi connectivity index (χ1) is 13.3. The van der Waals surface area contributed by atoms with Crippen LogP contribution in [-0.2, 0) is 20.6 Å². The number of hydrogen-bond donors (Lipinski definition) is 2. The minimum absolute atomic E-state index is 0.0834. The first-order valence-electron chi connectivity index (χ1n) is 8.10. The standard InChI is InChI=1S/C17H16N6O5/c1-21-12(7-13(24)22(2)17(21)28)20-14(25)11-8-19-16(27)23(15(11)26)9-10-5-3-4-6-18-10/h3-8H,9H2,1-2H3,(H,19,27)(H,20,25). The normalized spacial score (nSPS) is 10.6. The lowest BCUT2D eigenvalue weighted by atomic mass is 10.3. The van der Waals surface area contributed by atoms with E-state index in [1.54, 1.807) is 18.2 Å². The van der Waals surface area contributed by atoms with Crippen LogP contribution in [0.15, 0.2) is 55.8 Å². The van der Waals surface area contributed by atoms with Crippen molar-refractivity contribution in [2.45, 2.75) is 6.54 Å². The molecule has 11 nitrogen and oxygen atoms in total. The van der Waals surface area contributed by atoms with E-state index < -0.39 is 28.4 Å². The molecule has 0 aliphatic rings. The summed E-state index contributed by atoms with van der Waals surface area (Å²) >= 11 is 0. The van der Waals surface area contributed by atoms with Gasteiger partial charge < -0.3 is 10.3 Å². The van der Waals surface area contributed by atoms with Crippen LogP contribution in [0.25, 0.3) is 0 Å². The van der Waals surface area contributed by atoms with E-state index >= 15 is 0 Å². The molecule has 0 bridgehead atoms. The Kier molecular flexibility index (Phi) is 4.90. The summed E-state index contributed by atoms with van der Waals surface area (Å²) in [6.07, 6.45) is 2.50. The molecule has 0 aliphatic carbocycles. The molecular weight excluding hydrogens is 368 g/mol. The van der Waals surface area contributed by atoms with Gasteiger partial charge in [-0.15, -0.1) is 0 Å². The van der Waals surface area contributed by atoms with Crippen molar-refractivity contribution in [2.75, 3.05) is 5.32 Å². The Hall–Kier alpha value is -4.02. The molecule has 0 aliphatic heterocycles. The number of amides is 1. The summed E-state index contributed by atoms with van der Waals surface area (Å²) in [5.41, 5.74) is -2.69. The predicted molar refractivity (Wildman–Crippen MR) is 99.5 cm³/mol. The van der Waals surface area contributed by atoms with Gasteiger partial charge in [-0.2, -0.15) is 0 Å². The van der Waals surface area contributed by atoms with E-state index in [2.05, 4.69) is 15.3 Å². The van der Waals surface area contributed by atoms with Crippen LogP contribution in [0.4, 0.5) is 5.82 Å². The van der Waals surface area contributed by atoms with Gasteiger partial charge in [-0.25, -0.2) is 9.59 Å². The minimum Gasteiger partial charge on any atom is -0.313 e. The highest BCUT2D eigenvalue weighted by atomic mass is 16.2. The number of nitrogens with one attached hydrogen (secondary N) is 2. The number of aromatic nitrogens is 5. The van der Waals surface area contributed by atoms with E-state index in [1.165, 1.54) is 20.3 Å². The van der Waals surface area contributed by atoms with Crippen molar-refractivity contribution >= 4 is 11.7 Å². The molecule has 144 valence electrons. The third-order valence-electron chi connectivity index (χ3n) is 4.12. The molecule has 11 heteroatoms. The molecule has 0 aromatic carbocycles. The van der Waals surface area contributed by atoms with E-state index in [-0.39, 0.29) is 17.9 Å². The van der Waals surface area contributed by atoms with Crippen molar-refractivity contribution in [3.05, 3.63) is 89.6 Å². The lowest BCUT2D eigenvalue weighted by Crippen LogP contribution is -2.41. The second-order valence-corrected chi connectivity index (χ2v) is 5.94. The fourth-order valence-electron chi connectivity index (χ4n) is 2.51. The largest absolute Gasteiger partial charge is 0.332 e. The van der Waals surface area contributed by atoms with Gasteiger partial charge in [0.25, 0.3) is 17.0 Å². The molecule has 0 radical (unpaired) electrons. The molecule has 1 amide bonds. The van der Waals surface area contributed by atoms with Gasteiger partial charge in [0, 0.05) is 32.6 Å². The van der Waals surface area contributed by atoms with Crippen LogP contribution in [0.2, 0.25) is 0 Å². The van der Waals surface area contributed by atoms with Crippen molar-refractivity contribution in [1.82, 2.24) is 23.7 Å². The Morgan fingerprint density at radius 3 is 2.57 bits per heavy atom. The number of hydrogen-bond acceptors (Lipinski definition) is 6. The van der Waals surface area contributed by atoms with Gasteiger partial charge in [-0.3, -0.25) is 33.1 Å². The molecule has 3 rings (SSSR count). The van der Waals surface area contributed by atoms with Gasteiger partial charge >= 0.3 is 11.4 Å². The van der Waals surface area contributed by atoms with Crippen molar-refractivity contribution in [3.63, 3.8) is 0 Å². The van der Waals surface area contributed by atoms with Gasteiger partial charge in [0.05, 0.1) is 12.2 Å². The fraction of sp³-hybridized carbons (Fsp3) is 0.176. The Morgan fingerprint density at radius 1 is 1.14 bits per heavy atom. The maximum Gasteiger partial charge on any atom is 0.332 e. The van der Waals surface area contributed by atoms with E-state index in [0.29, 0.717) is 5.69 Å². The first-order valence-corrected chi connectivity index (χ1v) is 8.10. The van der Waals surface area contributed by atoms with Crippen LogP contribution in [0.1, 0.15) is 16.1 Å². The zero-order valence-electron chi connectivity index (χ0n) is 15.0. The van der Waals surface area contributed by atoms with E-state index in [0.717, 1.165) is 26.0 Å². The molecule has 28 heavy (non-hydrogen) atoms. The highest BCUT2D eigenvalue weighted by Gasteiger charge is 2.17. The number of carbonyl (C=O) groups is 1. The molecular formula is C17H16N6O5. The maximum atomic E-state index is 12.6. The molecule has 0 spiro atoms. The molecule has 0 atom stereocenters. The number of nitrogens with zero attached hydrogens (tertiary/aromatic N) is 4. The Morgan fingerprint density at radius 2 is 1.89 bits per heavy atom. The van der Waals surface area contributed by atoms with Crippen molar-refractivity contribution in [2.24, 2.45) is 14.1 Å². The summed E-state index contributed by atoms with van der Waals surface area (Å²) in [5, 5.41) is 2.35. The van der Waals surface area contributed by atoms with Crippen LogP contribution in [0, 0.1) is 0 Å². The van der Waals surface area contributed by atoms with Crippen molar-refractivity contribution < 1.29 is 4.79 Å². The molecule has 0 unspecified atom stereocenters. The quantitative estimate of drug-likeness (QED) is 0.569. The lowest BCUT2D eigenvalue weighted by molar-refractivity contribution is 0.102. The Labute approximate surface area is 156 Å². The SMILES string of the molecule is Cn1c(NC(=O)c2c[nH]c(=O)n(Cc3ccccn3)c2=O)cc(=O)n(C)c1=O. The molecule has 3 aromatic heterocycles. The summed E-state index contributed by atoms with van der Waals surface area (Å²) in [7, 11) is 2.66. The average molecular weight is 384 g/mol. The molecule has 0 saturated heterocycles. The molecule has 3 heterocycles. The third-order valence-corrected chi connectivity index (χ3v) is 4.12. The molecule has 0 saturated carbocycles. The molecule has 2 N–H and O–H groups in total. The summed E-state index contributed by atoms with van der Waals surface area (Å²) in [4.78, 5) is 67.3. The number of anilines is 1. The minimum atomic E-state index is -0.876. The summed E-state index contributed by atoms with van der Waals surface area (Å²) in [6.45, 7) is -0.125. The summed E-state index contributed by atoms with van der Waals surface area (Å²) < 4.78 is 2.76. The third kappa shape index (κ3) is 3.45. The van der Waals surface area contributed by atoms with Crippen LogP contribution in [0.5, 0.6) is 0 Å². The lowest BCUT2D eigenvalue weighted by Gasteiger charge is -2.11. The van der Waals surface area contributed by atoms with Gasteiger partial charge in [-0.05, 0) is 12.1 Å². The van der Waals surface area contributed by atoms with Gasteiger partial charge in [-0.1, -0.05) is 6.07 Å². The van der Waals surface area contributed by atoms with Crippen LogP contribution in [-0.4, -0.2) is 29.6 Å². The van der Waals surface area contributed by atoms with Gasteiger partial charge in [0.15, 0.2) is 0 Å². The monoisotopic (exact) mass is 384 g/mol. The highest BCUT2D eigenvalue weighted by molar-refractivity contribution is 6.03. The van der Waals surface area contributed by atoms with Crippen molar-refractivity contribution in [1.29, 1.82) is 0 Å². The van der Waals surface area contributed by atoms with Gasteiger partial charge in [0.2, 0.25) is 0 Å². The van der Waals surface area contributed by atoms with E-state index in [1.807, 2.05) is 0 Å². The summed E-state index contributed by atoms with van der Waals surface area (Å²) in [5.74, 6) is -0.959. The topological polar surface area (TPSA) is 141 Å². The second kappa shape index (κ2) is 7.31. The zero-order valence-corrected chi connectivity index (χ0v) is 15.0. The van der Waals surface area contributed by atoms with Crippen molar-refractivity contribution in [3.8, 4) is 0 Å². The number of aromatic amines is 1. The second-order valence-electron chi connectivity index (χ2n) is 5.94. The van der Waals surface area contributed by atoms with E-state index in [9.17, 15) is 24.0 Å². The summed E-state index contributed by atoms with van der Waals surface area (Å²) in [6, 6.07) is 6.08.